The summed E-state index contributed by atoms with van der Waals surface area (Å²) in [6.07, 6.45) is 6.74. The van der Waals surface area contributed by atoms with Crippen LogP contribution in [0.25, 0.3) is 0 Å². The van der Waals surface area contributed by atoms with Crippen LogP contribution in [0.2, 0.25) is 0 Å². The van der Waals surface area contributed by atoms with Gasteiger partial charge in [-0.2, -0.15) is 0 Å². The largest absolute Gasteiger partial charge is 0.478 e. The first kappa shape index (κ1) is 13.5. The molecule has 0 aliphatic heterocycles. The second kappa shape index (κ2) is 6.31. The van der Waals surface area contributed by atoms with E-state index in [9.17, 15) is 9.59 Å². The lowest BCUT2D eigenvalue weighted by Gasteiger charge is -2.09. The van der Waals surface area contributed by atoms with E-state index in [-0.39, 0.29) is 18.0 Å². The highest BCUT2D eigenvalue weighted by Crippen LogP contribution is 2.27. The molecule has 0 spiro atoms. The van der Waals surface area contributed by atoms with Crippen LogP contribution in [0.1, 0.15) is 48.2 Å². The van der Waals surface area contributed by atoms with Gasteiger partial charge in [-0.25, -0.2) is 4.79 Å². The fraction of sp³-hybridized carbons (Fsp3) is 0.500. The van der Waals surface area contributed by atoms with Crippen LogP contribution < -0.4 is 5.32 Å². The highest BCUT2D eigenvalue weighted by atomic mass is 16.4. The molecule has 1 aliphatic carbocycles. The van der Waals surface area contributed by atoms with Crippen molar-refractivity contribution in [2.45, 2.75) is 38.6 Å². The lowest BCUT2D eigenvalue weighted by Crippen LogP contribution is -2.25. The predicted octanol–water partition coefficient (Wildman–Crippen LogP) is 1.98. The fourth-order valence-electron chi connectivity index (χ4n) is 2.45. The van der Waals surface area contributed by atoms with Gasteiger partial charge in [-0.1, -0.05) is 12.8 Å². The molecule has 1 saturated carbocycles. The fourth-order valence-corrected chi connectivity index (χ4v) is 2.45. The summed E-state index contributed by atoms with van der Waals surface area (Å²) in [4.78, 5) is 26.6. The average Bonchev–Trinajstić information content (AvgIpc) is 2.89. The highest BCUT2D eigenvalue weighted by molar-refractivity contribution is 5.87. The summed E-state index contributed by atoms with van der Waals surface area (Å²) in [6, 6.07) is 2.92. The number of hydrogen-bond donors (Lipinski definition) is 2. The molecule has 0 saturated heterocycles. The molecule has 5 heteroatoms. The second-order valence-electron chi connectivity index (χ2n) is 4.97. The monoisotopic (exact) mass is 262 g/mol. The third kappa shape index (κ3) is 4.05. The number of carboxylic acid groups (broad SMARTS) is 1. The number of carbonyl (C=O) groups is 2. The number of aromatic carboxylic acids is 1. The maximum absolute atomic E-state index is 11.7. The molecule has 0 aromatic carbocycles. The molecule has 0 atom stereocenters. The van der Waals surface area contributed by atoms with Crippen LogP contribution in [0.4, 0.5) is 0 Å². The van der Waals surface area contributed by atoms with Crippen molar-refractivity contribution in [3.05, 3.63) is 29.6 Å². The molecular formula is C14H18N2O3. The molecule has 1 fully saturated rings. The second-order valence-corrected chi connectivity index (χ2v) is 4.97. The van der Waals surface area contributed by atoms with Crippen LogP contribution >= 0.6 is 0 Å². The minimum atomic E-state index is -0.985. The smallest absolute Gasteiger partial charge is 0.335 e. The zero-order chi connectivity index (χ0) is 13.7. The van der Waals surface area contributed by atoms with Gasteiger partial charge in [-0.05, 0) is 30.9 Å². The normalized spacial score (nSPS) is 15.4. The standard InChI is InChI=1S/C14H18N2O3/c17-13(7-10-3-1-2-4-10)16-9-12-8-11(14(18)19)5-6-15-12/h5-6,8,10H,1-4,7,9H2,(H,16,17)(H,18,19). The van der Waals surface area contributed by atoms with Crippen molar-refractivity contribution < 1.29 is 14.7 Å². The lowest BCUT2D eigenvalue weighted by molar-refractivity contribution is -0.122. The Morgan fingerprint density at radius 3 is 2.79 bits per heavy atom. The van der Waals surface area contributed by atoms with E-state index < -0.39 is 5.97 Å². The molecule has 102 valence electrons. The van der Waals surface area contributed by atoms with Gasteiger partial charge in [0.25, 0.3) is 0 Å². The molecule has 1 aromatic rings. The number of carbonyl (C=O) groups excluding carboxylic acids is 1. The number of pyridine rings is 1. The zero-order valence-electron chi connectivity index (χ0n) is 10.8. The van der Waals surface area contributed by atoms with Crippen molar-refractivity contribution in [1.82, 2.24) is 10.3 Å². The van der Waals surface area contributed by atoms with E-state index in [1.165, 1.54) is 31.2 Å². The Kier molecular flexibility index (Phi) is 4.49. The number of nitrogens with one attached hydrogen (secondary N) is 1. The Morgan fingerprint density at radius 2 is 2.11 bits per heavy atom. The van der Waals surface area contributed by atoms with Gasteiger partial charge in [0, 0.05) is 12.6 Å². The van der Waals surface area contributed by atoms with Crippen molar-refractivity contribution in [2.75, 3.05) is 0 Å². The van der Waals surface area contributed by atoms with Gasteiger partial charge in [0.15, 0.2) is 0 Å². The molecule has 1 aliphatic rings. The summed E-state index contributed by atoms with van der Waals surface area (Å²) in [5.74, 6) is -0.450. The van der Waals surface area contributed by atoms with E-state index in [2.05, 4.69) is 10.3 Å². The third-order valence-corrected chi connectivity index (χ3v) is 3.48. The minimum Gasteiger partial charge on any atom is -0.478 e. The van der Waals surface area contributed by atoms with E-state index in [4.69, 9.17) is 5.11 Å². The Morgan fingerprint density at radius 1 is 1.37 bits per heavy atom. The molecule has 0 radical (unpaired) electrons. The van der Waals surface area contributed by atoms with Crippen LogP contribution in [0.5, 0.6) is 0 Å². The summed E-state index contributed by atoms with van der Waals surface area (Å²) in [5, 5.41) is 11.7. The Labute approximate surface area is 112 Å². The minimum absolute atomic E-state index is 0.0226. The number of amides is 1. The van der Waals surface area contributed by atoms with Crippen molar-refractivity contribution in [2.24, 2.45) is 5.92 Å². The van der Waals surface area contributed by atoms with E-state index in [1.54, 1.807) is 0 Å². The number of hydrogen-bond acceptors (Lipinski definition) is 3. The van der Waals surface area contributed by atoms with Gasteiger partial charge < -0.3 is 10.4 Å². The van der Waals surface area contributed by atoms with Gasteiger partial charge in [0.05, 0.1) is 17.8 Å². The Hall–Kier alpha value is -1.91. The summed E-state index contributed by atoms with van der Waals surface area (Å²) < 4.78 is 0. The Bertz CT molecular complexity index is 468. The molecule has 0 unspecified atom stereocenters. The molecule has 2 N–H and O–H groups in total. The van der Waals surface area contributed by atoms with E-state index in [1.807, 2.05) is 0 Å². The number of carboxylic acids is 1. The molecular weight excluding hydrogens is 244 g/mol. The predicted molar refractivity (Wildman–Crippen MR) is 69.6 cm³/mol. The summed E-state index contributed by atoms with van der Waals surface area (Å²) >= 11 is 0. The van der Waals surface area contributed by atoms with Crippen LogP contribution in [0.3, 0.4) is 0 Å². The van der Waals surface area contributed by atoms with Gasteiger partial charge >= 0.3 is 5.97 Å². The van der Waals surface area contributed by atoms with E-state index in [0.29, 0.717) is 18.0 Å². The van der Waals surface area contributed by atoms with Crippen molar-refractivity contribution in [3.8, 4) is 0 Å². The summed E-state index contributed by atoms with van der Waals surface area (Å²) in [7, 11) is 0. The SMILES string of the molecule is O=C(CC1CCCC1)NCc1cc(C(=O)O)ccn1. The van der Waals surface area contributed by atoms with Gasteiger partial charge in [-0.3, -0.25) is 9.78 Å². The molecule has 19 heavy (non-hydrogen) atoms. The lowest BCUT2D eigenvalue weighted by atomic mass is 10.0. The van der Waals surface area contributed by atoms with Gasteiger partial charge in [0.1, 0.15) is 0 Å². The molecule has 2 rings (SSSR count). The van der Waals surface area contributed by atoms with E-state index in [0.717, 1.165) is 12.8 Å². The van der Waals surface area contributed by atoms with E-state index >= 15 is 0 Å². The molecule has 0 bridgehead atoms. The zero-order valence-corrected chi connectivity index (χ0v) is 10.8. The molecule has 1 aromatic heterocycles. The van der Waals surface area contributed by atoms with Crippen molar-refractivity contribution in [3.63, 3.8) is 0 Å². The topological polar surface area (TPSA) is 79.3 Å². The summed E-state index contributed by atoms with van der Waals surface area (Å²) in [5.41, 5.74) is 0.759. The van der Waals surface area contributed by atoms with Crippen molar-refractivity contribution >= 4 is 11.9 Å². The maximum atomic E-state index is 11.7. The highest BCUT2D eigenvalue weighted by Gasteiger charge is 2.18. The third-order valence-electron chi connectivity index (χ3n) is 3.48. The first-order chi connectivity index (χ1) is 9.15. The first-order valence-electron chi connectivity index (χ1n) is 6.60. The van der Waals surface area contributed by atoms with Crippen molar-refractivity contribution in [1.29, 1.82) is 0 Å². The van der Waals surface area contributed by atoms with Crippen LogP contribution in [-0.4, -0.2) is 22.0 Å². The number of nitrogens with zero attached hydrogens (tertiary/aromatic N) is 1. The number of aromatic nitrogens is 1. The Balaban J connectivity index is 1.82. The maximum Gasteiger partial charge on any atom is 0.335 e. The summed E-state index contributed by atoms with van der Waals surface area (Å²) in [6.45, 7) is 0.284. The van der Waals surface area contributed by atoms with Gasteiger partial charge in [-0.15, -0.1) is 0 Å². The number of rotatable bonds is 5. The average molecular weight is 262 g/mol. The molecule has 5 nitrogen and oxygen atoms in total. The van der Waals surface area contributed by atoms with Gasteiger partial charge in [0.2, 0.25) is 5.91 Å². The molecule has 1 amide bonds. The molecule has 1 heterocycles. The quantitative estimate of drug-likeness (QED) is 0.850. The van der Waals surface area contributed by atoms with Crippen LogP contribution in [0, 0.1) is 5.92 Å². The van der Waals surface area contributed by atoms with Crippen LogP contribution in [-0.2, 0) is 11.3 Å². The first-order valence-corrected chi connectivity index (χ1v) is 6.60. The van der Waals surface area contributed by atoms with Crippen LogP contribution in [0.15, 0.2) is 18.3 Å².